The second-order valence-electron chi connectivity index (χ2n) is 2.71. The van der Waals surface area contributed by atoms with Gasteiger partial charge in [-0.1, -0.05) is 5.16 Å². The highest BCUT2D eigenvalue weighted by molar-refractivity contribution is 5.96. The van der Waals surface area contributed by atoms with Crippen molar-refractivity contribution in [3.05, 3.63) is 29.8 Å². The van der Waals surface area contributed by atoms with Crippen LogP contribution in [-0.4, -0.2) is 28.4 Å². The van der Waals surface area contributed by atoms with Crippen LogP contribution in [0.15, 0.2) is 23.5 Å². The summed E-state index contributed by atoms with van der Waals surface area (Å²) in [5, 5.41) is 11.8. The predicted molar refractivity (Wildman–Crippen MR) is 50.0 cm³/mol. The molecule has 1 N–H and O–H groups in total. The lowest BCUT2D eigenvalue weighted by Crippen LogP contribution is -2.06. The van der Waals surface area contributed by atoms with E-state index in [0.29, 0.717) is 11.4 Å². The van der Waals surface area contributed by atoms with E-state index in [1.54, 1.807) is 6.92 Å². The van der Waals surface area contributed by atoms with Crippen molar-refractivity contribution in [2.24, 2.45) is 5.16 Å². The molecule has 0 fully saturated rings. The van der Waals surface area contributed by atoms with E-state index in [1.165, 1.54) is 12.1 Å². The topological polar surface area (TPSA) is 71.8 Å². The molecule has 0 aromatic carbocycles. The molecule has 0 radical (unpaired) electrons. The number of nitrogens with zero attached hydrogens (tertiary/aromatic N) is 2. The molecular weight excluding hydrogens is 203 g/mol. The SMILES string of the molecule is C/C(=N/OCC(=O)O)c1ccc(F)cn1. The first-order valence-corrected chi connectivity index (χ1v) is 4.10. The minimum atomic E-state index is -1.11. The molecule has 0 unspecified atom stereocenters. The Morgan fingerprint density at radius 2 is 2.40 bits per heavy atom. The van der Waals surface area contributed by atoms with Gasteiger partial charge in [0.25, 0.3) is 0 Å². The van der Waals surface area contributed by atoms with Gasteiger partial charge >= 0.3 is 5.97 Å². The molecule has 6 heteroatoms. The number of oxime groups is 1. The number of pyridine rings is 1. The number of carbonyl (C=O) groups is 1. The summed E-state index contributed by atoms with van der Waals surface area (Å²) in [4.78, 5) is 18.3. The van der Waals surface area contributed by atoms with Crippen LogP contribution in [0.3, 0.4) is 0 Å². The van der Waals surface area contributed by atoms with Crippen LogP contribution in [0.2, 0.25) is 0 Å². The third kappa shape index (κ3) is 3.72. The summed E-state index contributed by atoms with van der Waals surface area (Å²) in [5.74, 6) is -1.56. The van der Waals surface area contributed by atoms with Gasteiger partial charge < -0.3 is 9.94 Å². The lowest BCUT2D eigenvalue weighted by atomic mass is 10.3. The van der Waals surface area contributed by atoms with Gasteiger partial charge in [-0.2, -0.15) is 0 Å². The molecule has 0 spiro atoms. The number of rotatable bonds is 4. The zero-order valence-corrected chi connectivity index (χ0v) is 7.98. The van der Waals surface area contributed by atoms with Crippen LogP contribution >= 0.6 is 0 Å². The van der Waals surface area contributed by atoms with Crippen LogP contribution in [0.5, 0.6) is 0 Å². The number of halogens is 1. The van der Waals surface area contributed by atoms with Crippen LogP contribution in [0, 0.1) is 5.82 Å². The van der Waals surface area contributed by atoms with Crippen LogP contribution in [0.4, 0.5) is 4.39 Å². The van der Waals surface area contributed by atoms with Crippen LogP contribution in [0.25, 0.3) is 0 Å². The minimum absolute atomic E-state index is 0.385. The van der Waals surface area contributed by atoms with Crippen molar-refractivity contribution in [1.29, 1.82) is 0 Å². The highest BCUT2D eigenvalue weighted by atomic mass is 19.1. The predicted octanol–water partition coefficient (Wildman–Crippen LogP) is 1.05. The van der Waals surface area contributed by atoms with E-state index in [4.69, 9.17) is 5.11 Å². The average molecular weight is 212 g/mol. The maximum Gasteiger partial charge on any atom is 0.344 e. The number of aromatic nitrogens is 1. The second kappa shape index (κ2) is 5.04. The van der Waals surface area contributed by atoms with Gasteiger partial charge in [0.2, 0.25) is 6.61 Å². The van der Waals surface area contributed by atoms with Crippen molar-refractivity contribution in [3.8, 4) is 0 Å². The lowest BCUT2D eigenvalue weighted by molar-refractivity contribution is -0.142. The van der Waals surface area contributed by atoms with E-state index in [0.717, 1.165) is 6.20 Å². The first-order valence-electron chi connectivity index (χ1n) is 4.10. The second-order valence-corrected chi connectivity index (χ2v) is 2.71. The molecule has 1 rings (SSSR count). The molecule has 0 aliphatic heterocycles. The molecule has 1 aromatic heterocycles. The van der Waals surface area contributed by atoms with Crippen LogP contribution in [-0.2, 0) is 9.63 Å². The van der Waals surface area contributed by atoms with Crippen molar-refractivity contribution in [3.63, 3.8) is 0 Å². The van der Waals surface area contributed by atoms with Crippen molar-refractivity contribution in [2.45, 2.75) is 6.92 Å². The number of hydrogen-bond acceptors (Lipinski definition) is 4. The molecule has 80 valence electrons. The van der Waals surface area contributed by atoms with Gasteiger partial charge in [0.05, 0.1) is 11.9 Å². The fourth-order valence-corrected chi connectivity index (χ4v) is 0.821. The van der Waals surface area contributed by atoms with E-state index >= 15 is 0 Å². The molecular formula is C9H9FN2O3. The van der Waals surface area contributed by atoms with E-state index in [1.807, 2.05) is 0 Å². The summed E-state index contributed by atoms with van der Waals surface area (Å²) in [7, 11) is 0. The number of carboxylic acid groups (broad SMARTS) is 1. The summed E-state index contributed by atoms with van der Waals surface area (Å²) in [6.45, 7) is 1.07. The molecule has 0 bridgehead atoms. The molecule has 0 amide bonds. The fraction of sp³-hybridized carbons (Fsp3) is 0.222. The van der Waals surface area contributed by atoms with Crippen molar-refractivity contribution in [1.82, 2.24) is 4.98 Å². The number of carboxylic acids is 1. The maximum atomic E-state index is 12.5. The molecule has 0 saturated carbocycles. The molecule has 15 heavy (non-hydrogen) atoms. The smallest absolute Gasteiger partial charge is 0.344 e. The summed E-state index contributed by atoms with van der Waals surface area (Å²) in [6, 6.07) is 2.66. The van der Waals surface area contributed by atoms with E-state index in [9.17, 15) is 9.18 Å². The van der Waals surface area contributed by atoms with Crippen molar-refractivity contribution in [2.75, 3.05) is 6.61 Å². The van der Waals surface area contributed by atoms with Gasteiger partial charge in [-0.15, -0.1) is 0 Å². The van der Waals surface area contributed by atoms with Crippen molar-refractivity contribution < 1.29 is 19.1 Å². The first kappa shape index (κ1) is 11.1. The summed E-state index contributed by atoms with van der Waals surface area (Å²) in [5.41, 5.74) is 0.818. The third-order valence-corrected chi connectivity index (χ3v) is 1.49. The average Bonchev–Trinajstić information content (AvgIpc) is 2.18. The number of hydrogen-bond donors (Lipinski definition) is 1. The summed E-state index contributed by atoms with van der Waals surface area (Å²) >= 11 is 0. The van der Waals surface area contributed by atoms with E-state index < -0.39 is 18.4 Å². The zero-order chi connectivity index (χ0) is 11.3. The monoisotopic (exact) mass is 212 g/mol. The third-order valence-electron chi connectivity index (χ3n) is 1.49. The normalized spacial score (nSPS) is 11.2. The van der Waals surface area contributed by atoms with E-state index in [2.05, 4.69) is 15.0 Å². The standard InChI is InChI=1S/C9H9FN2O3/c1-6(12-15-5-9(13)14)8-3-2-7(10)4-11-8/h2-4H,5H2,1H3,(H,13,14)/b12-6-. The largest absolute Gasteiger partial charge is 0.479 e. The van der Waals surface area contributed by atoms with Gasteiger partial charge in [-0.05, 0) is 19.1 Å². The molecule has 0 saturated heterocycles. The summed E-state index contributed by atoms with van der Waals surface area (Å²) < 4.78 is 12.5. The van der Waals surface area contributed by atoms with Gasteiger partial charge in [-0.25, -0.2) is 9.18 Å². The Morgan fingerprint density at radius 1 is 1.67 bits per heavy atom. The highest BCUT2D eigenvalue weighted by Gasteiger charge is 2.01. The Hall–Kier alpha value is -1.98. The van der Waals surface area contributed by atoms with Gasteiger partial charge in [0.1, 0.15) is 11.5 Å². The molecule has 1 heterocycles. The molecule has 0 aliphatic carbocycles. The Bertz CT molecular complexity index is 375. The van der Waals surface area contributed by atoms with Crippen LogP contribution in [0.1, 0.15) is 12.6 Å². The molecule has 5 nitrogen and oxygen atoms in total. The Morgan fingerprint density at radius 3 is 2.93 bits per heavy atom. The van der Waals surface area contributed by atoms with Gasteiger partial charge in [0.15, 0.2) is 0 Å². The summed E-state index contributed by atoms with van der Waals surface area (Å²) in [6.07, 6.45) is 1.05. The first-order chi connectivity index (χ1) is 7.09. The maximum absolute atomic E-state index is 12.5. The van der Waals surface area contributed by atoms with E-state index in [-0.39, 0.29) is 0 Å². The highest BCUT2D eigenvalue weighted by Crippen LogP contribution is 2.00. The molecule has 0 atom stereocenters. The zero-order valence-electron chi connectivity index (χ0n) is 7.98. The Labute approximate surface area is 85.2 Å². The Kier molecular flexibility index (Phi) is 3.73. The Balaban J connectivity index is 2.63. The van der Waals surface area contributed by atoms with Crippen molar-refractivity contribution >= 4 is 11.7 Å². The quantitative estimate of drug-likeness (QED) is 0.598. The van der Waals surface area contributed by atoms with Gasteiger partial charge in [-0.3, -0.25) is 4.98 Å². The number of aliphatic carboxylic acids is 1. The minimum Gasteiger partial charge on any atom is -0.479 e. The lowest BCUT2D eigenvalue weighted by Gasteiger charge is -1.99. The molecule has 1 aromatic rings. The molecule has 0 aliphatic rings. The van der Waals surface area contributed by atoms with Crippen LogP contribution < -0.4 is 0 Å². The fourth-order valence-electron chi connectivity index (χ4n) is 0.821. The van der Waals surface area contributed by atoms with Gasteiger partial charge in [0, 0.05) is 0 Å².